The van der Waals surface area contributed by atoms with Crippen molar-refractivity contribution in [1.29, 1.82) is 0 Å². The van der Waals surface area contributed by atoms with Crippen molar-refractivity contribution in [1.82, 2.24) is 4.90 Å². The van der Waals surface area contributed by atoms with Crippen LogP contribution in [0.1, 0.15) is 32.8 Å². The second-order valence-electron chi connectivity index (χ2n) is 4.96. The summed E-state index contributed by atoms with van der Waals surface area (Å²) in [7, 11) is 0. The normalized spacial score (nSPS) is 14.8. The Morgan fingerprint density at radius 2 is 1.64 bits per heavy atom. The molecule has 0 N–H and O–H groups in total. The molecule has 0 saturated heterocycles. The zero-order valence-corrected chi connectivity index (χ0v) is 16.9. The van der Waals surface area contributed by atoms with Crippen LogP contribution in [-0.2, 0) is 20.5 Å². The fourth-order valence-electron chi connectivity index (χ4n) is 2.71. The van der Waals surface area contributed by atoms with Crippen LogP contribution in [0.5, 0.6) is 0 Å². The molecule has 1 aromatic carbocycles. The standard InChI is InChI=1S/C12H18N.C5H5.3ClH.V/c1-4-13(5-2)11(3)12-9-7-6-8-10-12;1-2-4-5-3-1;;;;/h6-10H,4-5H2,1-3H3;1-3H,4H2;3*1H;/q;;;;;+3/p-3. The molecule has 5 heteroatoms. The first-order chi connectivity index (χ1) is 9.20. The summed E-state index contributed by atoms with van der Waals surface area (Å²) < 4.78 is 1.83. The zero-order valence-electron chi connectivity index (χ0n) is 13.3. The Morgan fingerprint density at radius 1 is 1.05 bits per heavy atom. The summed E-state index contributed by atoms with van der Waals surface area (Å²) >= 11 is 0.135. The van der Waals surface area contributed by atoms with Gasteiger partial charge in [0.2, 0.25) is 0 Å². The largest absolute Gasteiger partial charge is 1.00 e. The molecule has 2 rings (SSSR count). The number of allylic oxidation sites excluding steroid dienone is 4. The third-order valence-electron chi connectivity index (χ3n) is 3.81. The Kier molecular flexibility index (Phi) is 12.9. The molecule has 0 saturated carbocycles. The summed E-state index contributed by atoms with van der Waals surface area (Å²) in [6.45, 7) is 9.19. The summed E-state index contributed by atoms with van der Waals surface area (Å²) in [4.78, 5) is 2.61. The predicted octanol–water partition coefficient (Wildman–Crippen LogP) is -4.86. The van der Waals surface area contributed by atoms with Gasteiger partial charge in [0, 0.05) is 0 Å². The van der Waals surface area contributed by atoms with E-state index < -0.39 is 0 Å². The van der Waals surface area contributed by atoms with Gasteiger partial charge in [-0.25, -0.2) is 0 Å². The summed E-state index contributed by atoms with van der Waals surface area (Å²) in [5.74, 6) is 0. The Bertz CT molecular complexity index is 472. The van der Waals surface area contributed by atoms with Gasteiger partial charge >= 0.3 is 124 Å². The van der Waals surface area contributed by atoms with Crippen LogP contribution in [0.3, 0.4) is 0 Å². The molecule has 22 heavy (non-hydrogen) atoms. The Labute approximate surface area is 160 Å². The molecule has 0 amide bonds. The molecule has 1 aliphatic rings. The molecule has 0 bridgehead atoms. The van der Waals surface area contributed by atoms with Crippen molar-refractivity contribution in [2.24, 2.45) is 0 Å². The van der Waals surface area contributed by atoms with E-state index in [2.05, 4.69) is 74.2 Å². The average molecular weight is 399 g/mol. The molecule has 0 heterocycles. The van der Waals surface area contributed by atoms with Crippen molar-refractivity contribution >= 4 is 0 Å². The van der Waals surface area contributed by atoms with Gasteiger partial charge in [0.05, 0.1) is 0 Å². The quantitative estimate of drug-likeness (QED) is 0.465. The van der Waals surface area contributed by atoms with Crippen LogP contribution >= 0.6 is 0 Å². The monoisotopic (exact) mass is 397 g/mol. The second kappa shape index (κ2) is 11.6. The molecule has 1 nitrogen and oxygen atoms in total. The molecule has 0 spiro atoms. The van der Waals surface area contributed by atoms with E-state index in [1.807, 2.05) is 0 Å². The van der Waals surface area contributed by atoms with E-state index in [0.717, 1.165) is 19.5 Å². The van der Waals surface area contributed by atoms with E-state index >= 15 is 0 Å². The van der Waals surface area contributed by atoms with Crippen LogP contribution < -0.4 is 37.2 Å². The third-order valence-corrected chi connectivity index (χ3v) is 6.30. The molecule has 1 unspecified atom stereocenters. The van der Waals surface area contributed by atoms with Gasteiger partial charge in [0.15, 0.2) is 0 Å². The van der Waals surface area contributed by atoms with Crippen LogP contribution in [0.4, 0.5) is 0 Å². The van der Waals surface area contributed by atoms with Gasteiger partial charge in [-0.3, -0.25) is 0 Å². The summed E-state index contributed by atoms with van der Waals surface area (Å²) in [6, 6.07) is 11.0. The first-order valence-electron chi connectivity index (χ1n) is 7.10. The minimum absolute atomic E-state index is 0. The van der Waals surface area contributed by atoms with Crippen molar-refractivity contribution in [3.05, 3.63) is 58.4 Å². The van der Waals surface area contributed by atoms with Gasteiger partial charge < -0.3 is 37.2 Å². The van der Waals surface area contributed by atoms with Gasteiger partial charge in [-0.2, -0.15) is 0 Å². The number of hydrogen-bond acceptors (Lipinski definition) is 1. The molecule has 0 aliphatic heterocycles. The Balaban J connectivity index is 0. The number of benzene rings is 1. The first kappa shape index (κ1) is 24.4. The topological polar surface area (TPSA) is 3.24 Å². The van der Waals surface area contributed by atoms with Crippen LogP contribution in [0.2, 0.25) is 0 Å². The average Bonchev–Trinajstić information content (AvgIpc) is 2.94. The third kappa shape index (κ3) is 5.63. The van der Waals surface area contributed by atoms with Gasteiger partial charge in [0.1, 0.15) is 0 Å². The van der Waals surface area contributed by atoms with E-state index in [1.165, 1.54) is 5.56 Å². The fourth-order valence-corrected chi connectivity index (χ4v) is 5.24. The van der Waals surface area contributed by atoms with Crippen molar-refractivity contribution < 1.29 is 53.5 Å². The maximum Gasteiger partial charge on any atom is -1.00 e. The first-order valence-corrected chi connectivity index (χ1v) is 8.49. The van der Waals surface area contributed by atoms with Crippen LogP contribution in [0.15, 0.2) is 52.8 Å². The van der Waals surface area contributed by atoms with Crippen molar-refractivity contribution in [2.45, 2.75) is 31.4 Å². The number of nitrogens with zero attached hydrogens (tertiary/aromatic N) is 1. The second-order valence-corrected chi connectivity index (χ2v) is 7.57. The van der Waals surface area contributed by atoms with Crippen LogP contribution in [-0.4, -0.2) is 18.0 Å². The molecular weight excluding hydrogens is 375 g/mol. The number of halogens is 3. The molecule has 1 aromatic rings. The molecule has 0 fully saturated rings. The fraction of sp³-hybridized carbons (Fsp3) is 0.412. The Hall–Kier alpha value is 0.114. The van der Waals surface area contributed by atoms with Gasteiger partial charge in [-0.15, -0.1) is 0 Å². The van der Waals surface area contributed by atoms with Gasteiger partial charge in [-0.1, -0.05) is 0 Å². The molecular formula is C17H23Cl3NV. The summed E-state index contributed by atoms with van der Waals surface area (Å²) in [5.41, 5.74) is 1.46. The van der Waals surface area contributed by atoms with Crippen LogP contribution in [0, 0.1) is 0 Å². The van der Waals surface area contributed by atoms with Gasteiger partial charge in [-0.05, 0) is 0 Å². The minimum atomic E-state index is 0. The molecule has 122 valence electrons. The molecule has 1 aliphatic carbocycles. The maximum absolute atomic E-state index is 2.61. The van der Waals surface area contributed by atoms with Crippen LogP contribution in [0.25, 0.3) is 0 Å². The smallest absolute Gasteiger partial charge is 1.00 e. The molecule has 0 radical (unpaired) electrons. The minimum Gasteiger partial charge on any atom is -1.00 e. The number of hydrogen-bond donors (Lipinski definition) is 0. The summed E-state index contributed by atoms with van der Waals surface area (Å²) in [6.07, 6.45) is 7.96. The maximum atomic E-state index is 2.61. The van der Waals surface area contributed by atoms with Crippen molar-refractivity contribution in [2.75, 3.05) is 13.1 Å². The zero-order chi connectivity index (χ0) is 13.7. The predicted molar refractivity (Wildman–Crippen MR) is 78.6 cm³/mol. The van der Waals surface area contributed by atoms with Crippen molar-refractivity contribution in [3.63, 3.8) is 0 Å². The van der Waals surface area contributed by atoms with E-state index in [-0.39, 0.29) is 57.8 Å². The molecule has 1 atom stereocenters. The van der Waals surface area contributed by atoms with Crippen molar-refractivity contribution in [3.8, 4) is 0 Å². The SMILES string of the molecule is CCN(CC)[C](C)([V+3][C]1=CC=CC1)c1ccccc1.[Cl-].[Cl-].[Cl-]. The summed E-state index contributed by atoms with van der Waals surface area (Å²) in [5, 5.41) is 0. The van der Waals surface area contributed by atoms with E-state index in [4.69, 9.17) is 0 Å². The van der Waals surface area contributed by atoms with E-state index in [9.17, 15) is 0 Å². The molecule has 0 aromatic heterocycles. The van der Waals surface area contributed by atoms with Gasteiger partial charge in [0.25, 0.3) is 0 Å². The Morgan fingerprint density at radius 3 is 2.09 bits per heavy atom. The number of rotatable bonds is 6. The van der Waals surface area contributed by atoms with E-state index in [0.29, 0.717) is 0 Å². The van der Waals surface area contributed by atoms with E-state index in [1.54, 1.807) is 4.28 Å².